The number of nitriles is 1. The summed E-state index contributed by atoms with van der Waals surface area (Å²) in [4.78, 5) is 16.2. The van der Waals surface area contributed by atoms with Gasteiger partial charge >= 0.3 is 5.97 Å². The molecule has 0 aliphatic rings. The number of imidazole rings is 1. The molecule has 160 valence electrons. The van der Waals surface area contributed by atoms with E-state index in [0.717, 1.165) is 36.2 Å². The van der Waals surface area contributed by atoms with Gasteiger partial charge in [0.05, 0.1) is 17.9 Å². The van der Waals surface area contributed by atoms with Gasteiger partial charge in [-0.2, -0.15) is 5.26 Å². The Morgan fingerprint density at radius 1 is 1.19 bits per heavy atom. The van der Waals surface area contributed by atoms with Crippen molar-refractivity contribution >= 4 is 5.97 Å². The van der Waals surface area contributed by atoms with Crippen LogP contribution in [0.2, 0.25) is 0 Å². The molecule has 6 nitrogen and oxygen atoms in total. The van der Waals surface area contributed by atoms with Gasteiger partial charge in [0.25, 0.3) is 0 Å². The third-order valence-corrected chi connectivity index (χ3v) is 5.44. The van der Waals surface area contributed by atoms with Crippen molar-refractivity contribution in [1.29, 1.82) is 5.26 Å². The summed E-state index contributed by atoms with van der Waals surface area (Å²) in [6.07, 6.45) is 2.77. The molecule has 0 amide bonds. The Morgan fingerprint density at radius 2 is 1.90 bits per heavy atom. The molecule has 2 N–H and O–H groups in total. The average Bonchev–Trinajstić information content (AvgIpc) is 3.14. The van der Waals surface area contributed by atoms with E-state index in [9.17, 15) is 20.3 Å². The van der Waals surface area contributed by atoms with E-state index in [1.54, 1.807) is 18.2 Å². The zero-order valence-electron chi connectivity index (χ0n) is 17.9. The molecular formula is C25H27N3O3. The maximum absolute atomic E-state index is 11.5. The number of hydrogen-bond donors (Lipinski definition) is 2. The van der Waals surface area contributed by atoms with E-state index < -0.39 is 5.97 Å². The minimum atomic E-state index is -0.956. The molecule has 3 rings (SSSR count). The molecule has 1 aromatic heterocycles. The molecule has 6 heteroatoms. The molecule has 1 heterocycles. The number of hydrogen-bond acceptors (Lipinski definition) is 4. The van der Waals surface area contributed by atoms with Gasteiger partial charge < -0.3 is 14.8 Å². The molecule has 31 heavy (non-hydrogen) atoms. The van der Waals surface area contributed by atoms with Crippen molar-refractivity contribution in [1.82, 2.24) is 9.55 Å². The summed E-state index contributed by atoms with van der Waals surface area (Å²) in [7, 11) is 0. The highest BCUT2D eigenvalue weighted by atomic mass is 16.4. The first-order valence-corrected chi connectivity index (χ1v) is 10.5. The first-order valence-electron chi connectivity index (χ1n) is 10.5. The van der Waals surface area contributed by atoms with Crippen molar-refractivity contribution in [2.45, 2.75) is 45.6 Å². The number of aryl methyl sites for hydroxylation is 1. The highest BCUT2D eigenvalue weighted by Gasteiger charge is 2.21. The highest BCUT2D eigenvalue weighted by Crippen LogP contribution is 2.26. The maximum Gasteiger partial charge on any atom is 0.336 e. The van der Waals surface area contributed by atoms with Gasteiger partial charge in [-0.1, -0.05) is 62.7 Å². The van der Waals surface area contributed by atoms with Crippen molar-refractivity contribution in [2.24, 2.45) is 0 Å². The van der Waals surface area contributed by atoms with Crippen LogP contribution in [-0.2, 0) is 13.0 Å². The predicted octanol–water partition coefficient (Wildman–Crippen LogP) is 4.61. The van der Waals surface area contributed by atoms with Gasteiger partial charge in [-0.05, 0) is 29.2 Å². The zero-order valence-corrected chi connectivity index (χ0v) is 17.9. The summed E-state index contributed by atoms with van der Waals surface area (Å²) in [6, 6.07) is 16.9. The zero-order chi connectivity index (χ0) is 22.4. The third kappa shape index (κ3) is 4.84. The molecule has 1 atom stereocenters. The normalized spacial score (nSPS) is 11.8. The van der Waals surface area contributed by atoms with Gasteiger partial charge in [0.2, 0.25) is 0 Å². The lowest BCUT2D eigenvalue weighted by Crippen LogP contribution is -2.08. The van der Waals surface area contributed by atoms with E-state index in [1.165, 1.54) is 0 Å². The number of aliphatic hydroxyl groups excluding tert-OH is 1. The Labute approximate surface area is 182 Å². The van der Waals surface area contributed by atoms with Gasteiger partial charge in [-0.15, -0.1) is 0 Å². The fraction of sp³-hybridized carbons (Fsp3) is 0.320. The smallest absolute Gasteiger partial charge is 0.336 e. The first-order chi connectivity index (χ1) is 15.0. The van der Waals surface area contributed by atoms with Crippen LogP contribution in [0, 0.1) is 11.3 Å². The summed E-state index contributed by atoms with van der Waals surface area (Å²) in [5.74, 6) is -0.303. The summed E-state index contributed by atoms with van der Waals surface area (Å²) >= 11 is 0. The lowest BCUT2D eigenvalue weighted by molar-refractivity contribution is 0.0697. The van der Waals surface area contributed by atoms with Crippen LogP contribution in [0.15, 0.2) is 48.5 Å². The molecule has 0 aliphatic heterocycles. The monoisotopic (exact) mass is 417 g/mol. The van der Waals surface area contributed by atoms with E-state index in [0.29, 0.717) is 23.5 Å². The quantitative estimate of drug-likeness (QED) is 0.530. The molecule has 0 radical (unpaired) electrons. The predicted molar refractivity (Wildman–Crippen MR) is 119 cm³/mol. The van der Waals surface area contributed by atoms with E-state index in [2.05, 4.69) is 13.0 Å². The standard InChI is InChI=1S/C25H27N3O3/c1-3-4-9-23-27-24(17(2)16-29)22(14-26)28(23)15-18-10-12-19(13-11-18)20-7-5-6-8-21(20)25(30)31/h5-8,10-13,17,29H,3-4,9,15-16H2,1-2H3,(H,30,31). The topological polar surface area (TPSA) is 99.1 Å². The van der Waals surface area contributed by atoms with Crippen LogP contribution in [0.25, 0.3) is 11.1 Å². The van der Waals surface area contributed by atoms with Crippen molar-refractivity contribution in [3.05, 3.63) is 76.9 Å². The van der Waals surface area contributed by atoms with Crippen molar-refractivity contribution in [2.75, 3.05) is 6.61 Å². The maximum atomic E-state index is 11.5. The second kappa shape index (κ2) is 10.1. The molecule has 0 aliphatic carbocycles. The van der Waals surface area contributed by atoms with Crippen LogP contribution in [0.5, 0.6) is 0 Å². The Bertz CT molecular complexity index is 1090. The van der Waals surface area contributed by atoms with Crippen molar-refractivity contribution in [3.8, 4) is 17.2 Å². The second-order valence-corrected chi connectivity index (χ2v) is 7.69. The summed E-state index contributed by atoms with van der Waals surface area (Å²) in [5, 5.41) is 28.8. The Morgan fingerprint density at radius 3 is 2.52 bits per heavy atom. The molecule has 0 fully saturated rings. The van der Waals surface area contributed by atoms with Crippen LogP contribution in [-0.4, -0.2) is 32.3 Å². The van der Waals surface area contributed by atoms with Crippen LogP contribution in [0.4, 0.5) is 0 Å². The summed E-state index contributed by atoms with van der Waals surface area (Å²) in [6.45, 7) is 4.42. The van der Waals surface area contributed by atoms with Crippen molar-refractivity contribution in [3.63, 3.8) is 0 Å². The number of carboxylic acids is 1. The molecule has 0 spiro atoms. The molecule has 2 aromatic carbocycles. The number of rotatable bonds is 9. The number of carboxylic acid groups (broad SMARTS) is 1. The lowest BCUT2D eigenvalue weighted by atomic mass is 9.98. The summed E-state index contributed by atoms with van der Waals surface area (Å²) < 4.78 is 1.94. The molecule has 1 unspecified atom stereocenters. The van der Waals surface area contributed by atoms with Gasteiger partial charge in [0.1, 0.15) is 17.6 Å². The first kappa shape index (κ1) is 22.3. The number of nitrogens with zero attached hydrogens (tertiary/aromatic N) is 3. The van der Waals surface area contributed by atoms with Crippen LogP contribution in [0.3, 0.4) is 0 Å². The Kier molecular flexibility index (Phi) is 7.22. The minimum absolute atomic E-state index is 0.0589. The highest BCUT2D eigenvalue weighted by molar-refractivity contribution is 5.95. The molecule has 0 saturated heterocycles. The number of unbranched alkanes of at least 4 members (excludes halogenated alkanes) is 1. The fourth-order valence-electron chi connectivity index (χ4n) is 3.66. The van der Waals surface area contributed by atoms with Gasteiger partial charge in [0.15, 0.2) is 0 Å². The lowest BCUT2D eigenvalue weighted by Gasteiger charge is -2.11. The number of aromatic nitrogens is 2. The van der Waals surface area contributed by atoms with E-state index >= 15 is 0 Å². The SMILES string of the molecule is CCCCc1nc(C(C)CO)c(C#N)n1Cc1ccc(-c2ccccc2C(=O)O)cc1. The fourth-order valence-corrected chi connectivity index (χ4v) is 3.66. The van der Waals surface area contributed by atoms with E-state index in [4.69, 9.17) is 4.98 Å². The van der Waals surface area contributed by atoms with Crippen LogP contribution < -0.4 is 0 Å². The van der Waals surface area contributed by atoms with Crippen LogP contribution in [0.1, 0.15) is 65.7 Å². The molecule has 3 aromatic rings. The molecule has 0 saturated carbocycles. The van der Waals surface area contributed by atoms with E-state index in [1.807, 2.05) is 41.8 Å². The van der Waals surface area contributed by atoms with E-state index in [-0.39, 0.29) is 18.1 Å². The van der Waals surface area contributed by atoms with Crippen molar-refractivity contribution < 1.29 is 15.0 Å². The van der Waals surface area contributed by atoms with Gasteiger partial charge in [-0.25, -0.2) is 9.78 Å². The Balaban J connectivity index is 1.95. The number of aromatic carboxylic acids is 1. The van der Waals surface area contributed by atoms with Gasteiger partial charge in [-0.3, -0.25) is 0 Å². The third-order valence-electron chi connectivity index (χ3n) is 5.44. The second-order valence-electron chi connectivity index (χ2n) is 7.69. The summed E-state index contributed by atoms with van der Waals surface area (Å²) in [5.41, 5.74) is 3.89. The minimum Gasteiger partial charge on any atom is -0.478 e. The van der Waals surface area contributed by atoms with Gasteiger partial charge in [0, 0.05) is 18.9 Å². The molecular weight excluding hydrogens is 390 g/mol. The average molecular weight is 418 g/mol. The number of benzene rings is 2. The molecule has 0 bridgehead atoms. The number of carbonyl (C=O) groups is 1. The Hall–Kier alpha value is -3.43. The van der Waals surface area contributed by atoms with Crippen LogP contribution >= 0.6 is 0 Å². The number of aliphatic hydroxyl groups is 1. The largest absolute Gasteiger partial charge is 0.478 e.